The van der Waals surface area contributed by atoms with E-state index >= 15 is 0 Å². The van der Waals surface area contributed by atoms with Crippen molar-refractivity contribution in [3.63, 3.8) is 0 Å². The first-order valence-electron chi connectivity index (χ1n) is 5.46. The number of thiophene rings is 1. The molecule has 1 saturated heterocycles. The Bertz CT molecular complexity index is 344. The first kappa shape index (κ1) is 12.5. The van der Waals surface area contributed by atoms with Crippen molar-refractivity contribution in [1.82, 2.24) is 4.90 Å². The summed E-state index contributed by atoms with van der Waals surface area (Å²) in [4.78, 5) is 2.30. The van der Waals surface area contributed by atoms with Crippen LogP contribution in [0, 0.1) is 0 Å². The van der Waals surface area contributed by atoms with Crippen molar-refractivity contribution >= 4 is 27.3 Å². The molecular formula is C11H16BrNO2S. The van der Waals surface area contributed by atoms with Crippen LogP contribution in [0.2, 0.25) is 0 Å². The predicted molar refractivity (Wildman–Crippen MR) is 68.8 cm³/mol. The molecule has 1 aliphatic rings. The van der Waals surface area contributed by atoms with Crippen LogP contribution in [0.3, 0.4) is 0 Å². The molecule has 16 heavy (non-hydrogen) atoms. The van der Waals surface area contributed by atoms with E-state index in [1.807, 2.05) is 10.8 Å². The highest BCUT2D eigenvalue weighted by Crippen LogP contribution is 2.31. The topological polar surface area (TPSA) is 32.7 Å². The molecule has 90 valence electrons. The lowest BCUT2D eigenvalue weighted by Gasteiger charge is -2.34. The molecule has 0 radical (unpaired) electrons. The zero-order chi connectivity index (χ0) is 11.5. The van der Waals surface area contributed by atoms with Gasteiger partial charge >= 0.3 is 0 Å². The molecule has 0 bridgehead atoms. The molecule has 1 aliphatic heterocycles. The number of aliphatic hydroxyl groups excluding tert-OH is 1. The van der Waals surface area contributed by atoms with Crippen LogP contribution >= 0.6 is 27.3 Å². The van der Waals surface area contributed by atoms with E-state index in [-0.39, 0.29) is 6.10 Å². The van der Waals surface area contributed by atoms with Crippen LogP contribution in [0.1, 0.15) is 18.6 Å². The smallest absolute Gasteiger partial charge is 0.108 e. The van der Waals surface area contributed by atoms with Crippen molar-refractivity contribution < 1.29 is 9.84 Å². The molecule has 0 amide bonds. The Kier molecular flexibility index (Phi) is 4.38. The van der Waals surface area contributed by atoms with E-state index in [0.717, 1.165) is 29.7 Å². The zero-order valence-electron chi connectivity index (χ0n) is 9.23. The van der Waals surface area contributed by atoms with Crippen LogP contribution in [-0.4, -0.2) is 42.4 Å². The van der Waals surface area contributed by atoms with Gasteiger partial charge in [-0.15, -0.1) is 0 Å². The molecule has 2 rings (SSSR count). The first-order valence-corrected chi connectivity index (χ1v) is 7.19. The fourth-order valence-corrected chi connectivity index (χ4v) is 3.47. The highest BCUT2D eigenvalue weighted by molar-refractivity contribution is 9.10. The molecular weight excluding hydrogens is 290 g/mol. The van der Waals surface area contributed by atoms with Gasteiger partial charge in [0.25, 0.3) is 0 Å². The van der Waals surface area contributed by atoms with Crippen LogP contribution in [0.5, 0.6) is 0 Å². The normalized spacial score (nSPS) is 24.6. The van der Waals surface area contributed by atoms with Gasteiger partial charge in [-0.2, -0.15) is 11.3 Å². The van der Waals surface area contributed by atoms with E-state index in [0.29, 0.717) is 6.61 Å². The number of nitrogens with zero attached hydrogens (tertiary/aromatic N) is 1. The number of hydrogen-bond acceptors (Lipinski definition) is 4. The number of likely N-dealkylation sites (N-methyl/N-ethyl adjacent to an activating group) is 1. The maximum Gasteiger partial charge on any atom is 0.108 e. The van der Waals surface area contributed by atoms with Crippen molar-refractivity contribution in [2.24, 2.45) is 0 Å². The van der Waals surface area contributed by atoms with Gasteiger partial charge in [0.1, 0.15) is 12.2 Å². The lowest BCUT2D eigenvalue weighted by molar-refractivity contribution is -0.0889. The third-order valence-corrected chi connectivity index (χ3v) is 4.69. The third kappa shape index (κ3) is 2.65. The minimum atomic E-state index is -0.532. The molecule has 1 N–H and O–H groups in total. The lowest BCUT2D eigenvalue weighted by Crippen LogP contribution is -2.44. The van der Waals surface area contributed by atoms with E-state index in [1.165, 1.54) is 0 Å². The Labute approximate surface area is 108 Å². The Balaban J connectivity index is 2.04. The van der Waals surface area contributed by atoms with Crippen LogP contribution in [-0.2, 0) is 4.74 Å². The van der Waals surface area contributed by atoms with E-state index in [1.54, 1.807) is 11.3 Å². The average molecular weight is 306 g/mol. The Morgan fingerprint density at radius 3 is 3.12 bits per heavy atom. The van der Waals surface area contributed by atoms with Crippen molar-refractivity contribution in [3.8, 4) is 0 Å². The summed E-state index contributed by atoms with van der Waals surface area (Å²) in [5, 5.41) is 14.2. The second-order valence-electron chi connectivity index (χ2n) is 3.92. The van der Waals surface area contributed by atoms with Gasteiger partial charge in [-0.1, -0.05) is 6.92 Å². The third-order valence-electron chi connectivity index (χ3n) is 2.94. The minimum absolute atomic E-state index is 0.111. The fraction of sp³-hybridized carbons (Fsp3) is 0.636. The molecule has 3 nitrogen and oxygen atoms in total. The summed E-state index contributed by atoms with van der Waals surface area (Å²) in [6.45, 7) is 5.62. The van der Waals surface area contributed by atoms with Crippen LogP contribution in [0.4, 0.5) is 0 Å². The average Bonchev–Trinajstić information content (AvgIpc) is 2.74. The number of hydrogen-bond donors (Lipinski definition) is 1. The van der Waals surface area contributed by atoms with Gasteiger partial charge in [0.15, 0.2) is 0 Å². The van der Waals surface area contributed by atoms with Crippen molar-refractivity contribution in [3.05, 3.63) is 20.8 Å². The minimum Gasteiger partial charge on any atom is -0.386 e. The largest absolute Gasteiger partial charge is 0.386 e. The molecule has 1 aromatic heterocycles. The van der Waals surface area contributed by atoms with Gasteiger partial charge in [0.05, 0.1) is 6.61 Å². The Morgan fingerprint density at radius 2 is 2.50 bits per heavy atom. The van der Waals surface area contributed by atoms with Crippen LogP contribution in [0.15, 0.2) is 15.2 Å². The number of rotatable bonds is 3. The van der Waals surface area contributed by atoms with Crippen molar-refractivity contribution in [2.45, 2.75) is 19.1 Å². The maximum atomic E-state index is 10.3. The summed E-state index contributed by atoms with van der Waals surface area (Å²) in [6.07, 6.45) is -0.644. The maximum absolute atomic E-state index is 10.3. The molecule has 0 aromatic carbocycles. The number of halogens is 1. The van der Waals surface area contributed by atoms with Crippen LogP contribution < -0.4 is 0 Å². The van der Waals surface area contributed by atoms with Gasteiger partial charge in [-0.25, -0.2) is 0 Å². The second kappa shape index (κ2) is 5.60. The van der Waals surface area contributed by atoms with Crippen molar-refractivity contribution in [2.75, 3.05) is 26.2 Å². The lowest BCUT2D eigenvalue weighted by atomic mass is 10.1. The Hall–Kier alpha value is 0.0600. The monoisotopic (exact) mass is 305 g/mol. The molecule has 2 atom stereocenters. The molecule has 0 saturated carbocycles. The first-order chi connectivity index (χ1) is 7.72. The van der Waals surface area contributed by atoms with Gasteiger partial charge in [-0.3, -0.25) is 4.90 Å². The number of morpholine rings is 1. The van der Waals surface area contributed by atoms with Gasteiger partial charge in [0, 0.05) is 28.5 Å². The number of aliphatic hydroxyl groups is 1. The molecule has 5 heteroatoms. The second-order valence-corrected chi connectivity index (χ2v) is 5.52. The summed E-state index contributed by atoms with van der Waals surface area (Å²) >= 11 is 5.04. The number of ether oxygens (including phenoxy) is 1. The van der Waals surface area contributed by atoms with E-state index in [2.05, 4.69) is 27.8 Å². The molecule has 2 unspecified atom stereocenters. The van der Waals surface area contributed by atoms with Crippen molar-refractivity contribution in [1.29, 1.82) is 0 Å². The highest BCUT2D eigenvalue weighted by Gasteiger charge is 2.28. The summed E-state index contributed by atoms with van der Waals surface area (Å²) in [6, 6.07) is 0. The van der Waals surface area contributed by atoms with Gasteiger partial charge in [-0.05, 0) is 27.9 Å². The molecule has 2 heterocycles. The van der Waals surface area contributed by atoms with E-state index < -0.39 is 6.10 Å². The Morgan fingerprint density at radius 1 is 1.69 bits per heavy atom. The quantitative estimate of drug-likeness (QED) is 0.930. The molecule has 0 spiro atoms. The van der Waals surface area contributed by atoms with E-state index in [9.17, 15) is 5.11 Å². The molecule has 1 aromatic rings. The fourth-order valence-electron chi connectivity index (χ4n) is 1.91. The van der Waals surface area contributed by atoms with E-state index in [4.69, 9.17) is 4.74 Å². The summed E-state index contributed by atoms with van der Waals surface area (Å²) in [5.41, 5.74) is 0.938. The SMILES string of the molecule is CCN1CCOC(C(O)c2cscc2Br)C1. The summed E-state index contributed by atoms with van der Waals surface area (Å²) in [7, 11) is 0. The predicted octanol–water partition coefficient (Wildman–Crippen LogP) is 2.26. The zero-order valence-corrected chi connectivity index (χ0v) is 11.6. The van der Waals surface area contributed by atoms with Crippen LogP contribution in [0.25, 0.3) is 0 Å². The molecule has 1 fully saturated rings. The highest BCUT2D eigenvalue weighted by atomic mass is 79.9. The standard InChI is InChI=1S/C11H16BrNO2S/c1-2-13-3-4-15-10(5-13)11(14)8-6-16-7-9(8)12/h6-7,10-11,14H,2-5H2,1H3. The van der Waals surface area contributed by atoms with Gasteiger partial charge < -0.3 is 9.84 Å². The summed E-state index contributed by atoms with van der Waals surface area (Å²) < 4.78 is 6.62. The summed E-state index contributed by atoms with van der Waals surface area (Å²) in [5.74, 6) is 0. The molecule has 0 aliphatic carbocycles. The van der Waals surface area contributed by atoms with Gasteiger partial charge in [0.2, 0.25) is 0 Å².